The normalized spacial score (nSPS) is 16.8. The molecule has 6 aromatic rings. The van der Waals surface area contributed by atoms with Crippen LogP contribution in [0.1, 0.15) is 19.3 Å². The first-order chi connectivity index (χ1) is 25.0. The van der Waals surface area contributed by atoms with Crippen molar-refractivity contribution in [1.82, 2.24) is 15.0 Å². The van der Waals surface area contributed by atoms with Gasteiger partial charge in [-0.05, 0) is 55.7 Å². The lowest BCUT2D eigenvalue weighted by Crippen LogP contribution is -2.39. The number of hydrogen-bond donors (Lipinski definition) is 0. The fourth-order valence-electron chi connectivity index (χ4n) is 6.16. The summed E-state index contributed by atoms with van der Waals surface area (Å²) in [5, 5.41) is 0. The van der Waals surface area contributed by atoms with E-state index in [1.165, 1.54) is 18.6 Å². The van der Waals surface area contributed by atoms with Crippen molar-refractivity contribution < 1.29 is 28.6 Å². The van der Waals surface area contributed by atoms with Crippen molar-refractivity contribution in [2.24, 2.45) is 17.8 Å². The molecule has 1 saturated carbocycles. The molecule has 1 aliphatic carbocycles. The van der Waals surface area contributed by atoms with Gasteiger partial charge in [0.05, 0.1) is 53.4 Å². The van der Waals surface area contributed by atoms with Gasteiger partial charge in [-0.2, -0.15) is 0 Å². The SMILES string of the molecule is O=C(Oc1ccc(-c2ccccc2)nc1)C1CC(C(=O)Oc2ccc(-c3ccccc3)nc2)CC(C(=O)Oc2ccc(-c3ccccc3)nc2)C1. The van der Waals surface area contributed by atoms with Gasteiger partial charge in [-0.25, -0.2) is 0 Å². The highest BCUT2D eigenvalue weighted by Crippen LogP contribution is 2.37. The molecule has 3 aromatic carbocycles. The number of pyridine rings is 3. The zero-order chi connectivity index (χ0) is 35.0. The van der Waals surface area contributed by atoms with Crippen LogP contribution in [0.2, 0.25) is 0 Å². The fraction of sp³-hybridized carbons (Fsp3) is 0.143. The minimum absolute atomic E-state index is 0.139. The van der Waals surface area contributed by atoms with Crippen molar-refractivity contribution in [3.8, 4) is 51.0 Å². The van der Waals surface area contributed by atoms with Gasteiger partial charge in [0.15, 0.2) is 0 Å². The molecule has 1 aliphatic rings. The molecule has 9 heteroatoms. The summed E-state index contributed by atoms with van der Waals surface area (Å²) in [6.45, 7) is 0. The highest BCUT2D eigenvalue weighted by Gasteiger charge is 2.41. The van der Waals surface area contributed by atoms with Crippen LogP contribution in [0, 0.1) is 17.8 Å². The number of esters is 3. The van der Waals surface area contributed by atoms with Gasteiger partial charge in [0, 0.05) is 16.7 Å². The third-order valence-electron chi connectivity index (χ3n) is 8.78. The van der Waals surface area contributed by atoms with E-state index < -0.39 is 35.7 Å². The van der Waals surface area contributed by atoms with Crippen molar-refractivity contribution in [3.63, 3.8) is 0 Å². The predicted octanol–water partition coefficient (Wildman–Crippen LogP) is 8.02. The molecule has 1 fully saturated rings. The van der Waals surface area contributed by atoms with Crippen LogP contribution in [-0.2, 0) is 14.4 Å². The number of ether oxygens (including phenoxy) is 3. The van der Waals surface area contributed by atoms with Crippen molar-refractivity contribution in [2.75, 3.05) is 0 Å². The maximum Gasteiger partial charge on any atom is 0.314 e. The summed E-state index contributed by atoms with van der Waals surface area (Å²) in [6.07, 6.45) is 4.87. The van der Waals surface area contributed by atoms with Gasteiger partial charge in [0.25, 0.3) is 0 Å². The van der Waals surface area contributed by atoms with Gasteiger partial charge in [-0.1, -0.05) is 91.0 Å². The average molecular weight is 676 g/mol. The second kappa shape index (κ2) is 15.4. The van der Waals surface area contributed by atoms with E-state index in [0.29, 0.717) is 0 Å². The third kappa shape index (κ3) is 8.22. The van der Waals surface area contributed by atoms with Gasteiger partial charge >= 0.3 is 17.9 Å². The van der Waals surface area contributed by atoms with Crippen LogP contribution in [0.4, 0.5) is 0 Å². The van der Waals surface area contributed by atoms with E-state index in [9.17, 15) is 14.4 Å². The number of rotatable bonds is 9. The summed E-state index contributed by atoms with van der Waals surface area (Å²) >= 11 is 0. The van der Waals surface area contributed by atoms with E-state index in [-0.39, 0.29) is 36.5 Å². The van der Waals surface area contributed by atoms with Gasteiger partial charge in [0.1, 0.15) is 17.2 Å². The van der Waals surface area contributed by atoms with Crippen LogP contribution in [0.25, 0.3) is 33.8 Å². The Morgan fingerprint density at radius 1 is 0.392 bits per heavy atom. The van der Waals surface area contributed by atoms with E-state index >= 15 is 0 Å². The van der Waals surface area contributed by atoms with E-state index in [1.54, 1.807) is 36.4 Å². The fourth-order valence-corrected chi connectivity index (χ4v) is 6.16. The molecule has 0 unspecified atom stereocenters. The predicted molar refractivity (Wildman–Crippen MR) is 190 cm³/mol. The van der Waals surface area contributed by atoms with Crippen LogP contribution < -0.4 is 14.2 Å². The maximum atomic E-state index is 13.5. The molecule has 0 saturated heterocycles. The highest BCUT2D eigenvalue weighted by atomic mass is 16.5. The number of carbonyl (C=O) groups excluding carboxylic acids is 3. The van der Waals surface area contributed by atoms with E-state index in [0.717, 1.165) is 33.8 Å². The van der Waals surface area contributed by atoms with Crippen LogP contribution in [-0.4, -0.2) is 32.9 Å². The summed E-state index contributed by atoms with van der Waals surface area (Å²) in [6, 6.07) is 39.3. The molecule has 0 N–H and O–H groups in total. The Hall–Kier alpha value is -6.48. The second-order valence-electron chi connectivity index (χ2n) is 12.3. The first kappa shape index (κ1) is 33.0. The molecular formula is C42H33N3O6. The Morgan fingerprint density at radius 2 is 0.667 bits per heavy atom. The summed E-state index contributed by atoms with van der Waals surface area (Å²) in [4.78, 5) is 54.0. The molecule has 9 nitrogen and oxygen atoms in total. The zero-order valence-corrected chi connectivity index (χ0v) is 27.5. The summed E-state index contributed by atoms with van der Waals surface area (Å²) in [5.74, 6) is -3.25. The van der Waals surface area contributed by atoms with Crippen LogP contribution in [0.15, 0.2) is 146 Å². The summed E-state index contributed by atoms with van der Waals surface area (Å²) in [5.41, 5.74) is 4.99. The van der Waals surface area contributed by atoms with Gasteiger partial charge in [0.2, 0.25) is 0 Å². The zero-order valence-electron chi connectivity index (χ0n) is 27.5. The lowest BCUT2D eigenvalue weighted by molar-refractivity contribution is -0.150. The van der Waals surface area contributed by atoms with Gasteiger partial charge < -0.3 is 14.2 Å². The topological polar surface area (TPSA) is 118 Å². The molecular weight excluding hydrogens is 642 g/mol. The molecule has 0 bridgehead atoms. The third-order valence-corrected chi connectivity index (χ3v) is 8.78. The molecule has 0 spiro atoms. The van der Waals surface area contributed by atoms with Crippen LogP contribution in [0.3, 0.4) is 0 Å². The summed E-state index contributed by atoms with van der Waals surface area (Å²) in [7, 11) is 0. The number of hydrogen-bond acceptors (Lipinski definition) is 9. The first-order valence-electron chi connectivity index (χ1n) is 16.7. The van der Waals surface area contributed by atoms with E-state index in [4.69, 9.17) is 14.2 Å². The Bertz CT molecular complexity index is 1840. The van der Waals surface area contributed by atoms with Crippen LogP contribution >= 0.6 is 0 Å². The van der Waals surface area contributed by atoms with Gasteiger partial charge in [-0.3, -0.25) is 29.3 Å². The standard InChI is InChI=1S/C42H33N3O6/c46-40(49-34-16-19-37(43-25-34)28-10-4-1-5-11-28)31-22-32(41(47)50-35-17-20-38(44-26-35)29-12-6-2-7-13-29)24-33(23-31)42(48)51-36-18-21-39(45-27-36)30-14-8-3-9-15-30/h1-21,25-27,31-33H,22-24H2. The minimum atomic E-state index is -0.778. The maximum absolute atomic E-state index is 13.5. The van der Waals surface area contributed by atoms with Gasteiger partial charge in [-0.15, -0.1) is 0 Å². The number of nitrogens with zero attached hydrogens (tertiary/aromatic N) is 3. The largest absolute Gasteiger partial charge is 0.425 e. The second-order valence-corrected chi connectivity index (χ2v) is 12.3. The molecule has 0 radical (unpaired) electrons. The molecule has 0 amide bonds. The lowest BCUT2D eigenvalue weighted by atomic mass is 9.75. The molecule has 0 atom stereocenters. The Morgan fingerprint density at radius 3 is 0.902 bits per heavy atom. The Labute approximate surface area is 294 Å². The monoisotopic (exact) mass is 675 g/mol. The van der Waals surface area contributed by atoms with Crippen molar-refractivity contribution >= 4 is 17.9 Å². The van der Waals surface area contributed by atoms with Crippen LogP contribution in [0.5, 0.6) is 17.2 Å². The average Bonchev–Trinajstić information content (AvgIpc) is 3.19. The first-order valence-corrected chi connectivity index (χ1v) is 16.7. The number of benzene rings is 3. The quantitative estimate of drug-likeness (QED) is 0.140. The van der Waals surface area contributed by atoms with Crippen molar-refractivity contribution in [2.45, 2.75) is 19.3 Å². The Balaban J connectivity index is 1.06. The molecule has 51 heavy (non-hydrogen) atoms. The molecule has 7 rings (SSSR count). The smallest absolute Gasteiger partial charge is 0.314 e. The Kier molecular flexibility index (Phi) is 9.96. The highest BCUT2D eigenvalue weighted by molar-refractivity contribution is 5.83. The number of carbonyl (C=O) groups is 3. The molecule has 0 aliphatic heterocycles. The van der Waals surface area contributed by atoms with Crippen molar-refractivity contribution in [1.29, 1.82) is 0 Å². The molecule has 3 heterocycles. The number of aromatic nitrogens is 3. The molecule has 252 valence electrons. The van der Waals surface area contributed by atoms with E-state index in [2.05, 4.69) is 15.0 Å². The van der Waals surface area contributed by atoms with E-state index in [1.807, 2.05) is 91.0 Å². The molecule has 3 aromatic heterocycles. The minimum Gasteiger partial charge on any atom is -0.425 e. The summed E-state index contributed by atoms with van der Waals surface area (Å²) < 4.78 is 17.2. The lowest BCUT2D eigenvalue weighted by Gasteiger charge is -2.31. The van der Waals surface area contributed by atoms with Crippen molar-refractivity contribution in [3.05, 3.63) is 146 Å².